The fourth-order valence-corrected chi connectivity index (χ4v) is 2.26. The molecule has 0 aromatic heterocycles. The number of aryl methyl sites for hydroxylation is 1. The second-order valence-electron chi connectivity index (χ2n) is 5.47. The zero-order valence-electron chi connectivity index (χ0n) is 13.7. The standard InChI is InChI=1S/C16H23N3O4.ClH/c1-11-4-5-13(19-16(21)9-18-15(20)8-17)14(7-11)23-10-12-3-2-6-22-12;/h4-5,7,12H,2-3,6,8-10,17H2,1H3,(H,18,20)(H,19,21);1H. The van der Waals surface area contributed by atoms with Gasteiger partial charge in [0.05, 0.1) is 24.9 Å². The van der Waals surface area contributed by atoms with E-state index in [1.54, 1.807) is 6.07 Å². The smallest absolute Gasteiger partial charge is 0.243 e. The van der Waals surface area contributed by atoms with Gasteiger partial charge in [-0.15, -0.1) is 12.4 Å². The Morgan fingerprint density at radius 3 is 2.83 bits per heavy atom. The fraction of sp³-hybridized carbons (Fsp3) is 0.500. The largest absolute Gasteiger partial charge is 0.489 e. The van der Waals surface area contributed by atoms with Crippen molar-refractivity contribution in [2.75, 3.05) is 31.6 Å². The molecule has 0 saturated carbocycles. The number of nitrogens with two attached hydrogens (primary N) is 1. The SMILES string of the molecule is Cc1ccc(NC(=O)CNC(=O)CN)c(OCC2CCCO2)c1.Cl. The van der Waals surface area contributed by atoms with Gasteiger partial charge in [0.2, 0.25) is 11.8 Å². The van der Waals surface area contributed by atoms with E-state index >= 15 is 0 Å². The Morgan fingerprint density at radius 2 is 2.17 bits per heavy atom. The summed E-state index contributed by atoms with van der Waals surface area (Å²) in [5, 5.41) is 5.16. The zero-order valence-corrected chi connectivity index (χ0v) is 14.5. The molecule has 24 heavy (non-hydrogen) atoms. The molecule has 0 aliphatic carbocycles. The second-order valence-corrected chi connectivity index (χ2v) is 5.47. The lowest BCUT2D eigenvalue weighted by Crippen LogP contribution is -2.36. The molecule has 2 rings (SSSR count). The number of anilines is 1. The van der Waals surface area contributed by atoms with Crippen LogP contribution >= 0.6 is 12.4 Å². The first-order valence-electron chi connectivity index (χ1n) is 7.70. The zero-order chi connectivity index (χ0) is 16.7. The van der Waals surface area contributed by atoms with Crippen molar-refractivity contribution in [3.05, 3.63) is 23.8 Å². The van der Waals surface area contributed by atoms with Gasteiger partial charge in [-0.1, -0.05) is 6.07 Å². The maximum atomic E-state index is 11.9. The lowest BCUT2D eigenvalue weighted by molar-refractivity contribution is -0.123. The Morgan fingerprint density at radius 1 is 1.38 bits per heavy atom. The van der Waals surface area contributed by atoms with Crippen LogP contribution in [0.3, 0.4) is 0 Å². The van der Waals surface area contributed by atoms with Crippen LogP contribution in [0.5, 0.6) is 5.75 Å². The molecule has 1 saturated heterocycles. The average molecular weight is 358 g/mol. The van der Waals surface area contributed by atoms with Gasteiger partial charge in [-0.05, 0) is 37.5 Å². The molecule has 8 heteroatoms. The number of carbonyl (C=O) groups excluding carboxylic acids is 2. The number of nitrogens with one attached hydrogen (secondary N) is 2. The van der Waals surface area contributed by atoms with Crippen molar-refractivity contribution in [1.82, 2.24) is 5.32 Å². The second kappa shape index (κ2) is 10.1. The van der Waals surface area contributed by atoms with E-state index in [9.17, 15) is 9.59 Å². The topological polar surface area (TPSA) is 103 Å². The Balaban J connectivity index is 0.00000288. The minimum absolute atomic E-state index is 0. The Labute approximate surface area is 147 Å². The number of ether oxygens (including phenoxy) is 2. The third-order valence-electron chi connectivity index (χ3n) is 3.49. The van der Waals surface area contributed by atoms with Crippen molar-refractivity contribution < 1.29 is 19.1 Å². The lowest BCUT2D eigenvalue weighted by Gasteiger charge is -2.16. The molecule has 0 bridgehead atoms. The van der Waals surface area contributed by atoms with Gasteiger partial charge in [-0.3, -0.25) is 9.59 Å². The molecule has 1 fully saturated rings. The summed E-state index contributed by atoms with van der Waals surface area (Å²) in [6.07, 6.45) is 2.13. The van der Waals surface area contributed by atoms with Crippen LogP contribution in [0.25, 0.3) is 0 Å². The molecule has 1 atom stereocenters. The number of carbonyl (C=O) groups is 2. The summed E-state index contributed by atoms with van der Waals surface area (Å²) in [5.74, 6) is -0.115. The van der Waals surface area contributed by atoms with Crippen LogP contribution in [-0.4, -0.2) is 44.2 Å². The highest BCUT2D eigenvalue weighted by Gasteiger charge is 2.17. The molecule has 1 aromatic rings. The van der Waals surface area contributed by atoms with Gasteiger partial charge in [-0.2, -0.15) is 0 Å². The van der Waals surface area contributed by atoms with E-state index in [1.807, 2.05) is 19.1 Å². The van der Waals surface area contributed by atoms with Gasteiger partial charge in [0.15, 0.2) is 0 Å². The third kappa shape index (κ3) is 6.35. The molecular formula is C16H24ClN3O4. The van der Waals surface area contributed by atoms with Crippen molar-refractivity contribution in [3.63, 3.8) is 0 Å². The van der Waals surface area contributed by atoms with Gasteiger partial charge in [0, 0.05) is 6.61 Å². The molecule has 0 radical (unpaired) electrons. The van der Waals surface area contributed by atoms with Crippen molar-refractivity contribution >= 4 is 29.9 Å². The number of hydrogen-bond acceptors (Lipinski definition) is 5. The van der Waals surface area contributed by atoms with Gasteiger partial charge < -0.3 is 25.8 Å². The number of benzene rings is 1. The van der Waals surface area contributed by atoms with Crippen LogP contribution < -0.4 is 21.1 Å². The predicted molar refractivity (Wildman–Crippen MR) is 93.6 cm³/mol. The molecule has 2 amide bonds. The Hall–Kier alpha value is -1.83. The van der Waals surface area contributed by atoms with Crippen molar-refractivity contribution in [2.45, 2.75) is 25.9 Å². The summed E-state index contributed by atoms with van der Waals surface area (Å²) in [5.41, 5.74) is 6.77. The molecule has 134 valence electrons. The molecule has 1 aromatic carbocycles. The number of halogens is 1. The molecule has 4 N–H and O–H groups in total. The summed E-state index contributed by atoms with van der Waals surface area (Å²) in [7, 11) is 0. The van der Waals surface area contributed by atoms with E-state index < -0.39 is 0 Å². The van der Waals surface area contributed by atoms with Crippen LogP contribution in [0.1, 0.15) is 18.4 Å². The van der Waals surface area contributed by atoms with Crippen LogP contribution in [-0.2, 0) is 14.3 Å². The highest BCUT2D eigenvalue weighted by atomic mass is 35.5. The quantitative estimate of drug-likeness (QED) is 0.675. The predicted octanol–water partition coefficient (Wildman–Crippen LogP) is 0.988. The first kappa shape index (κ1) is 20.2. The van der Waals surface area contributed by atoms with Crippen molar-refractivity contribution in [3.8, 4) is 5.75 Å². The van der Waals surface area contributed by atoms with E-state index in [1.165, 1.54) is 0 Å². The van der Waals surface area contributed by atoms with Gasteiger partial charge >= 0.3 is 0 Å². The summed E-state index contributed by atoms with van der Waals surface area (Å²) in [4.78, 5) is 23.0. The first-order chi connectivity index (χ1) is 11.1. The molecular weight excluding hydrogens is 334 g/mol. The van der Waals surface area contributed by atoms with Crippen LogP contribution in [0, 0.1) is 6.92 Å². The highest BCUT2D eigenvalue weighted by molar-refractivity contribution is 5.95. The molecule has 1 aliphatic heterocycles. The molecule has 1 aliphatic rings. The Bertz CT molecular complexity index is 562. The maximum absolute atomic E-state index is 11.9. The monoisotopic (exact) mass is 357 g/mol. The third-order valence-corrected chi connectivity index (χ3v) is 3.49. The van der Waals surface area contributed by atoms with Gasteiger partial charge in [-0.25, -0.2) is 0 Å². The summed E-state index contributed by atoms with van der Waals surface area (Å²) < 4.78 is 11.3. The van der Waals surface area contributed by atoms with E-state index in [0.717, 1.165) is 25.0 Å². The molecule has 1 heterocycles. The maximum Gasteiger partial charge on any atom is 0.243 e. The summed E-state index contributed by atoms with van der Waals surface area (Å²) in [6, 6.07) is 5.53. The van der Waals surface area contributed by atoms with Crippen LogP contribution in [0.15, 0.2) is 18.2 Å². The minimum Gasteiger partial charge on any atom is -0.489 e. The number of hydrogen-bond donors (Lipinski definition) is 3. The fourth-order valence-electron chi connectivity index (χ4n) is 2.26. The normalized spacial score (nSPS) is 16.2. The molecule has 7 nitrogen and oxygen atoms in total. The summed E-state index contributed by atoms with van der Waals surface area (Å²) >= 11 is 0. The number of rotatable bonds is 7. The van der Waals surface area contributed by atoms with E-state index in [4.69, 9.17) is 15.2 Å². The highest BCUT2D eigenvalue weighted by Crippen LogP contribution is 2.26. The van der Waals surface area contributed by atoms with E-state index in [2.05, 4.69) is 10.6 Å². The van der Waals surface area contributed by atoms with Crippen LogP contribution in [0.4, 0.5) is 5.69 Å². The van der Waals surface area contributed by atoms with Crippen molar-refractivity contribution in [1.29, 1.82) is 0 Å². The number of amides is 2. The molecule has 1 unspecified atom stereocenters. The summed E-state index contributed by atoms with van der Waals surface area (Å²) in [6.45, 7) is 2.90. The lowest BCUT2D eigenvalue weighted by atomic mass is 10.2. The first-order valence-corrected chi connectivity index (χ1v) is 7.70. The average Bonchev–Trinajstić information content (AvgIpc) is 3.06. The Kier molecular flexibility index (Phi) is 8.53. The van der Waals surface area contributed by atoms with E-state index in [0.29, 0.717) is 18.0 Å². The molecule has 0 spiro atoms. The van der Waals surface area contributed by atoms with Crippen LogP contribution in [0.2, 0.25) is 0 Å². The van der Waals surface area contributed by atoms with E-state index in [-0.39, 0.29) is 43.4 Å². The van der Waals surface area contributed by atoms with Gasteiger partial charge in [0.25, 0.3) is 0 Å². The minimum atomic E-state index is -0.376. The van der Waals surface area contributed by atoms with Crippen molar-refractivity contribution in [2.24, 2.45) is 5.73 Å². The van der Waals surface area contributed by atoms with Gasteiger partial charge in [0.1, 0.15) is 12.4 Å².